The SMILES string of the molecule is C=CC1CCN(OC(=O)C(=C)C)C1=O. The minimum absolute atomic E-state index is 0.213. The molecule has 0 aromatic rings. The summed E-state index contributed by atoms with van der Waals surface area (Å²) in [6.07, 6.45) is 2.21. The molecule has 76 valence electrons. The average molecular weight is 195 g/mol. The van der Waals surface area contributed by atoms with E-state index in [0.717, 1.165) is 5.06 Å². The molecule has 1 saturated heterocycles. The molecule has 1 amide bonds. The molecule has 0 aromatic carbocycles. The maximum atomic E-state index is 11.4. The van der Waals surface area contributed by atoms with Gasteiger partial charge in [-0.15, -0.1) is 6.58 Å². The summed E-state index contributed by atoms with van der Waals surface area (Å²) in [6.45, 7) is 8.93. The molecule has 1 fully saturated rings. The second-order valence-corrected chi connectivity index (χ2v) is 3.23. The zero-order valence-electron chi connectivity index (χ0n) is 8.16. The molecule has 0 spiro atoms. The highest BCUT2D eigenvalue weighted by atomic mass is 16.7. The summed E-state index contributed by atoms with van der Waals surface area (Å²) in [4.78, 5) is 27.4. The van der Waals surface area contributed by atoms with E-state index in [0.29, 0.717) is 13.0 Å². The zero-order chi connectivity index (χ0) is 10.7. The number of rotatable bonds is 3. The molecule has 0 bridgehead atoms. The van der Waals surface area contributed by atoms with Crippen molar-refractivity contribution in [1.29, 1.82) is 0 Å². The molecule has 1 heterocycles. The Morgan fingerprint density at radius 3 is 2.79 bits per heavy atom. The fraction of sp³-hybridized carbons (Fsp3) is 0.400. The van der Waals surface area contributed by atoms with Crippen molar-refractivity contribution in [3.63, 3.8) is 0 Å². The van der Waals surface area contributed by atoms with Gasteiger partial charge in [-0.25, -0.2) is 4.79 Å². The lowest BCUT2D eigenvalue weighted by Gasteiger charge is -2.14. The van der Waals surface area contributed by atoms with Crippen LogP contribution in [0, 0.1) is 5.92 Å². The van der Waals surface area contributed by atoms with E-state index < -0.39 is 5.97 Å². The largest absolute Gasteiger partial charge is 0.358 e. The Morgan fingerprint density at radius 1 is 1.71 bits per heavy atom. The van der Waals surface area contributed by atoms with E-state index in [1.807, 2.05) is 0 Å². The number of carbonyl (C=O) groups excluding carboxylic acids is 2. The summed E-state index contributed by atoms with van der Waals surface area (Å²) in [5.74, 6) is -1.01. The summed E-state index contributed by atoms with van der Waals surface area (Å²) in [6, 6.07) is 0. The molecule has 0 aromatic heterocycles. The number of amides is 1. The minimum atomic E-state index is -0.567. The highest BCUT2D eigenvalue weighted by Crippen LogP contribution is 2.19. The Bertz CT molecular complexity index is 296. The maximum absolute atomic E-state index is 11.4. The van der Waals surface area contributed by atoms with E-state index >= 15 is 0 Å². The van der Waals surface area contributed by atoms with Crippen LogP contribution in [0.1, 0.15) is 13.3 Å². The van der Waals surface area contributed by atoms with Crippen molar-refractivity contribution in [2.75, 3.05) is 6.54 Å². The lowest BCUT2D eigenvalue weighted by molar-refractivity contribution is -0.189. The normalized spacial score (nSPS) is 20.8. The van der Waals surface area contributed by atoms with Gasteiger partial charge in [-0.3, -0.25) is 4.79 Å². The third-order valence-corrected chi connectivity index (χ3v) is 2.03. The van der Waals surface area contributed by atoms with E-state index in [1.165, 1.54) is 6.92 Å². The Balaban J connectivity index is 2.56. The van der Waals surface area contributed by atoms with Crippen LogP contribution < -0.4 is 0 Å². The van der Waals surface area contributed by atoms with Crippen molar-refractivity contribution < 1.29 is 14.4 Å². The van der Waals surface area contributed by atoms with Crippen LogP contribution in [0.2, 0.25) is 0 Å². The standard InChI is InChI=1S/C10H13NO3/c1-4-8-5-6-11(9(8)12)14-10(13)7(2)3/h4,8H,1-2,5-6H2,3H3. The second-order valence-electron chi connectivity index (χ2n) is 3.23. The minimum Gasteiger partial charge on any atom is -0.333 e. The molecule has 1 atom stereocenters. The number of hydroxylamine groups is 2. The van der Waals surface area contributed by atoms with Gasteiger partial charge in [-0.1, -0.05) is 12.7 Å². The molecule has 0 aliphatic carbocycles. The van der Waals surface area contributed by atoms with Gasteiger partial charge in [0.1, 0.15) is 0 Å². The van der Waals surface area contributed by atoms with E-state index in [9.17, 15) is 9.59 Å². The molecule has 14 heavy (non-hydrogen) atoms. The Morgan fingerprint density at radius 2 is 2.36 bits per heavy atom. The summed E-state index contributed by atoms with van der Waals surface area (Å²) in [7, 11) is 0. The molecule has 1 unspecified atom stereocenters. The molecule has 0 saturated carbocycles. The van der Waals surface area contributed by atoms with Crippen molar-refractivity contribution in [3.8, 4) is 0 Å². The van der Waals surface area contributed by atoms with Gasteiger partial charge < -0.3 is 4.84 Å². The average Bonchev–Trinajstić information content (AvgIpc) is 2.47. The van der Waals surface area contributed by atoms with Crippen LogP contribution in [0.15, 0.2) is 24.8 Å². The van der Waals surface area contributed by atoms with Crippen LogP contribution in [0.25, 0.3) is 0 Å². The predicted octanol–water partition coefficient (Wildman–Crippen LogP) is 1.06. The van der Waals surface area contributed by atoms with Gasteiger partial charge >= 0.3 is 5.97 Å². The van der Waals surface area contributed by atoms with Gasteiger partial charge in [0, 0.05) is 5.57 Å². The van der Waals surface area contributed by atoms with Gasteiger partial charge in [0.15, 0.2) is 0 Å². The first-order chi connectivity index (χ1) is 6.56. The van der Waals surface area contributed by atoms with Crippen molar-refractivity contribution in [3.05, 3.63) is 24.8 Å². The Kier molecular flexibility index (Phi) is 3.06. The number of nitrogens with zero attached hydrogens (tertiary/aromatic N) is 1. The second kappa shape index (κ2) is 4.09. The molecular formula is C10H13NO3. The first kappa shape index (κ1) is 10.5. The van der Waals surface area contributed by atoms with E-state index in [1.54, 1.807) is 6.08 Å². The lowest BCUT2D eigenvalue weighted by atomic mass is 10.1. The summed E-state index contributed by atoms with van der Waals surface area (Å²) >= 11 is 0. The molecule has 1 rings (SSSR count). The van der Waals surface area contributed by atoms with Crippen molar-refractivity contribution in [1.82, 2.24) is 5.06 Å². The fourth-order valence-corrected chi connectivity index (χ4v) is 1.16. The van der Waals surface area contributed by atoms with Gasteiger partial charge in [-0.2, -0.15) is 5.06 Å². The maximum Gasteiger partial charge on any atom is 0.358 e. The summed E-state index contributed by atoms with van der Waals surface area (Å²) in [5, 5.41) is 1.07. The first-order valence-electron chi connectivity index (χ1n) is 4.38. The quantitative estimate of drug-likeness (QED) is 0.499. The topological polar surface area (TPSA) is 46.6 Å². The lowest BCUT2D eigenvalue weighted by Crippen LogP contribution is -2.30. The highest BCUT2D eigenvalue weighted by Gasteiger charge is 2.32. The molecule has 4 heteroatoms. The van der Waals surface area contributed by atoms with E-state index in [4.69, 9.17) is 4.84 Å². The third kappa shape index (κ3) is 2.02. The number of hydrogen-bond donors (Lipinski definition) is 0. The zero-order valence-corrected chi connectivity index (χ0v) is 8.16. The number of carbonyl (C=O) groups is 2. The molecule has 0 N–H and O–H groups in total. The van der Waals surface area contributed by atoms with Crippen LogP contribution in [0.3, 0.4) is 0 Å². The van der Waals surface area contributed by atoms with Gasteiger partial charge in [0.2, 0.25) is 0 Å². The summed E-state index contributed by atoms with van der Waals surface area (Å²) < 4.78 is 0. The van der Waals surface area contributed by atoms with Crippen molar-refractivity contribution in [2.24, 2.45) is 5.92 Å². The molecule has 1 aliphatic heterocycles. The van der Waals surface area contributed by atoms with Crippen LogP contribution in [0.4, 0.5) is 0 Å². The van der Waals surface area contributed by atoms with Crippen LogP contribution >= 0.6 is 0 Å². The van der Waals surface area contributed by atoms with Crippen molar-refractivity contribution in [2.45, 2.75) is 13.3 Å². The van der Waals surface area contributed by atoms with Crippen molar-refractivity contribution >= 4 is 11.9 Å². The van der Waals surface area contributed by atoms with Gasteiger partial charge in [0.25, 0.3) is 5.91 Å². The van der Waals surface area contributed by atoms with Crippen LogP contribution in [-0.4, -0.2) is 23.5 Å². The van der Waals surface area contributed by atoms with Gasteiger partial charge in [-0.05, 0) is 13.3 Å². The molecule has 0 radical (unpaired) electrons. The smallest absolute Gasteiger partial charge is 0.333 e. The highest BCUT2D eigenvalue weighted by molar-refractivity contribution is 5.89. The van der Waals surface area contributed by atoms with Crippen LogP contribution in [0.5, 0.6) is 0 Å². The Hall–Kier alpha value is -1.58. The molecular weight excluding hydrogens is 182 g/mol. The van der Waals surface area contributed by atoms with E-state index in [2.05, 4.69) is 13.2 Å². The van der Waals surface area contributed by atoms with Gasteiger partial charge in [0.05, 0.1) is 12.5 Å². The molecule has 4 nitrogen and oxygen atoms in total. The Labute approximate surface area is 82.8 Å². The fourth-order valence-electron chi connectivity index (χ4n) is 1.16. The molecule has 1 aliphatic rings. The van der Waals surface area contributed by atoms with Crippen LogP contribution in [-0.2, 0) is 14.4 Å². The predicted molar refractivity (Wildman–Crippen MR) is 50.9 cm³/mol. The first-order valence-corrected chi connectivity index (χ1v) is 4.38. The number of hydrogen-bond acceptors (Lipinski definition) is 3. The monoisotopic (exact) mass is 195 g/mol. The van der Waals surface area contributed by atoms with E-state index in [-0.39, 0.29) is 17.4 Å². The summed E-state index contributed by atoms with van der Waals surface area (Å²) in [5.41, 5.74) is 0.278. The third-order valence-electron chi connectivity index (χ3n) is 2.03.